The first-order valence-electron chi connectivity index (χ1n) is 6.23. The molecule has 1 heterocycles. The fourth-order valence-electron chi connectivity index (χ4n) is 1.96. The zero-order valence-electron chi connectivity index (χ0n) is 12.7. The first kappa shape index (κ1) is 20.2. The predicted molar refractivity (Wildman–Crippen MR) is 80.0 cm³/mol. The number of halogens is 4. The van der Waals surface area contributed by atoms with Crippen LogP contribution in [0, 0.1) is 0 Å². The maximum Gasteiger partial charge on any atom is 1.00 e. The Bertz CT molecular complexity index is 710. The quantitative estimate of drug-likeness (QED) is 0.673. The van der Waals surface area contributed by atoms with Crippen LogP contribution in [-0.4, -0.2) is 23.2 Å². The molecule has 0 aliphatic carbocycles. The second-order valence-corrected chi connectivity index (χ2v) is 6.58. The maximum absolute atomic E-state index is 13.2. The first-order valence-corrected chi connectivity index (χ1v) is 7.02. The number of rotatable bonds is 1. The summed E-state index contributed by atoms with van der Waals surface area (Å²) in [5, 5.41) is 0.324. The number of nitrogens with zero attached hydrogens (tertiary/aromatic N) is 1. The molecule has 0 saturated carbocycles. The van der Waals surface area contributed by atoms with Gasteiger partial charge < -0.3 is 17.7 Å². The van der Waals surface area contributed by atoms with Gasteiger partial charge in [-0.1, -0.05) is 22.0 Å². The van der Waals surface area contributed by atoms with Crippen LogP contribution < -0.4 is 57.0 Å². The number of carbonyl (C=O) groups is 1. The summed E-state index contributed by atoms with van der Waals surface area (Å²) in [7, 11) is 0. The standard InChI is InChI=1S/C13H13BBrF3NO2.K/c1-13(2,3)21-12(20)19-10-5-4-9(15)6-8(10)7-11(19)14(16,17)18;/h4-7H,1-3H3;/q-1;+1. The average Bonchev–Trinajstić information content (AvgIpc) is 2.64. The average molecular weight is 402 g/mol. The molecule has 1 aromatic heterocycles. The number of hydrogen-bond donors (Lipinski definition) is 0. The van der Waals surface area contributed by atoms with Crippen LogP contribution >= 0.6 is 15.9 Å². The SMILES string of the molecule is CC(C)(C)OC(=O)n1c([B-](F)(F)F)cc2cc(Br)ccc21.[K+]. The molecule has 0 radical (unpaired) electrons. The molecule has 0 aliphatic heterocycles. The fourth-order valence-corrected chi connectivity index (χ4v) is 2.34. The number of ether oxygens (including phenoxy) is 1. The number of hydrogen-bond acceptors (Lipinski definition) is 2. The largest absolute Gasteiger partial charge is 1.00 e. The Kier molecular flexibility index (Phi) is 6.43. The molecule has 2 rings (SSSR count). The topological polar surface area (TPSA) is 31.2 Å². The smallest absolute Gasteiger partial charge is 0.444 e. The third-order valence-electron chi connectivity index (χ3n) is 2.70. The monoisotopic (exact) mass is 401 g/mol. The third kappa shape index (κ3) is 4.61. The zero-order valence-corrected chi connectivity index (χ0v) is 17.4. The summed E-state index contributed by atoms with van der Waals surface area (Å²) in [6.45, 7) is -0.526. The van der Waals surface area contributed by atoms with Crippen molar-refractivity contribution >= 4 is 45.5 Å². The van der Waals surface area contributed by atoms with Gasteiger partial charge in [-0.2, -0.15) is 0 Å². The van der Waals surface area contributed by atoms with Crippen molar-refractivity contribution in [2.75, 3.05) is 0 Å². The van der Waals surface area contributed by atoms with E-state index >= 15 is 0 Å². The molecular formula is C13H13BBrF3KNO2. The van der Waals surface area contributed by atoms with Crippen LogP contribution in [0.15, 0.2) is 28.7 Å². The van der Waals surface area contributed by atoms with Gasteiger partial charge in [-0.05, 0) is 49.9 Å². The van der Waals surface area contributed by atoms with E-state index in [1.54, 1.807) is 26.8 Å². The van der Waals surface area contributed by atoms with E-state index in [2.05, 4.69) is 15.9 Å². The van der Waals surface area contributed by atoms with Crippen molar-refractivity contribution < 1.29 is 73.9 Å². The third-order valence-corrected chi connectivity index (χ3v) is 3.20. The minimum atomic E-state index is -5.33. The van der Waals surface area contributed by atoms with E-state index in [1.165, 1.54) is 12.1 Å². The second kappa shape index (κ2) is 6.98. The van der Waals surface area contributed by atoms with E-state index in [9.17, 15) is 17.7 Å². The van der Waals surface area contributed by atoms with Crippen molar-refractivity contribution in [2.24, 2.45) is 0 Å². The predicted octanol–water partition coefficient (Wildman–Crippen LogP) is 1.25. The molecular weight excluding hydrogens is 389 g/mol. The van der Waals surface area contributed by atoms with Crippen LogP contribution in [0.4, 0.5) is 17.7 Å². The van der Waals surface area contributed by atoms with E-state index in [4.69, 9.17) is 4.74 Å². The van der Waals surface area contributed by atoms with E-state index in [-0.39, 0.29) is 56.9 Å². The Balaban J connectivity index is 0.00000242. The molecule has 0 spiro atoms. The second-order valence-electron chi connectivity index (χ2n) is 5.66. The zero-order chi connectivity index (χ0) is 16.0. The summed E-state index contributed by atoms with van der Waals surface area (Å²) in [5.41, 5.74) is -1.70. The van der Waals surface area contributed by atoms with Crippen molar-refractivity contribution in [2.45, 2.75) is 26.4 Å². The Hall–Kier alpha value is 0.201. The molecule has 0 saturated heterocycles. The van der Waals surface area contributed by atoms with Crippen LogP contribution in [0.2, 0.25) is 0 Å². The van der Waals surface area contributed by atoms with Crippen LogP contribution in [0.1, 0.15) is 20.8 Å². The molecule has 1 aromatic carbocycles. The van der Waals surface area contributed by atoms with Crippen molar-refractivity contribution in [3.63, 3.8) is 0 Å². The van der Waals surface area contributed by atoms with Gasteiger partial charge in [-0.3, -0.25) is 4.57 Å². The molecule has 2 aromatic rings. The summed E-state index contributed by atoms with van der Waals surface area (Å²) in [6, 6.07) is 5.52. The minimum absolute atomic E-state index is 0. The molecule has 0 atom stereocenters. The number of aromatic nitrogens is 1. The van der Waals surface area contributed by atoms with E-state index in [0.29, 0.717) is 14.4 Å². The summed E-state index contributed by atoms with van der Waals surface area (Å²) in [4.78, 5) is 12.1. The normalized spacial score (nSPS) is 12.1. The van der Waals surface area contributed by atoms with Gasteiger partial charge in [0.1, 0.15) is 5.60 Å². The Morgan fingerprint density at radius 3 is 2.32 bits per heavy atom. The molecule has 114 valence electrons. The van der Waals surface area contributed by atoms with E-state index in [1.807, 2.05) is 0 Å². The van der Waals surface area contributed by atoms with E-state index in [0.717, 1.165) is 6.07 Å². The minimum Gasteiger partial charge on any atom is -0.444 e. The van der Waals surface area contributed by atoms with Crippen molar-refractivity contribution in [3.05, 3.63) is 28.7 Å². The Labute approximate surface area is 177 Å². The summed E-state index contributed by atoms with van der Waals surface area (Å²) in [6.07, 6.45) is -1.03. The summed E-state index contributed by atoms with van der Waals surface area (Å²) in [5.74, 6) is 0. The summed E-state index contributed by atoms with van der Waals surface area (Å²) >= 11 is 3.20. The Morgan fingerprint density at radius 2 is 1.82 bits per heavy atom. The van der Waals surface area contributed by atoms with Crippen molar-refractivity contribution in [1.82, 2.24) is 4.57 Å². The molecule has 0 bridgehead atoms. The van der Waals surface area contributed by atoms with Crippen molar-refractivity contribution in [1.29, 1.82) is 0 Å². The molecule has 3 nitrogen and oxygen atoms in total. The van der Waals surface area contributed by atoms with Gasteiger partial charge in [0.05, 0.1) is 5.52 Å². The number of fused-ring (bicyclic) bond motifs is 1. The van der Waals surface area contributed by atoms with Gasteiger partial charge in [0.15, 0.2) is 0 Å². The molecule has 0 aliphatic rings. The first-order chi connectivity index (χ1) is 9.49. The van der Waals surface area contributed by atoms with Crippen LogP contribution in [0.5, 0.6) is 0 Å². The van der Waals surface area contributed by atoms with Gasteiger partial charge in [-0.15, -0.1) is 0 Å². The van der Waals surface area contributed by atoms with E-state index < -0.39 is 24.3 Å². The van der Waals surface area contributed by atoms with Gasteiger partial charge in [0, 0.05) is 4.47 Å². The van der Waals surface area contributed by atoms with Gasteiger partial charge in [0.2, 0.25) is 0 Å². The molecule has 0 unspecified atom stereocenters. The van der Waals surface area contributed by atoms with Crippen LogP contribution in [0.25, 0.3) is 10.9 Å². The van der Waals surface area contributed by atoms with Crippen LogP contribution in [0.3, 0.4) is 0 Å². The molecule has 0 amide bonds. The maximum atomic E-state index is 13.2. The Morgan fingerprint density at radius 1 is 1.23 bits per heavy atom. The fraction of sp³-hybridized carbons (Fsp3) is 0.308. The van der Waals surface area contributed by atoms with Gasteiger partial charge in [0.25, 0.3) is 0 Å². The molecule has 22 heavy (non-hydrogen) atoms. The van der Waals surface area contributed by atoms with Crippen LogP contribution in [-0.2, 0) is 4.74 Å². The molecule has 9 heteroatoms. The number of benzene rings is 1. The number of carbonyl (C=O) groups excluding carboxylic acids is 1. The molecule has 0 fully saturated rings. The summed E-state index contributed by atoms with van der Waals surface area (Å²) < 4.78 is 45.9. The molecule has 0 N–H and O–H groups in total. The van der Waals surface area contributed by atoms with Gasteiger partial charge in [-0.25, -0.2) is 4.79 Å². The van der Waals surface area contributed by atoms with Crippen molar-refractivity contribution in [3.8, 4) is 0 Å². The van der Waals surface area contributed by atoms with Gasteiger partial charge >= 0.3 is 64.5 Å².